The van der Waals surface area contributed by atoms with Gasteiger partial charge in [0.15, 0.2) is 12.2 Å². The first-order chi connectivity index (χ1) is 21.6. The zero-order valence-corrected chi connectivity index (χ0v) is 24.4. The third kappa shape index (κ3) is 7.82. The topological polar surface area (TPSA) is 98.8 Å². The molecule has 4 aromatic rings. The summed E-state index contributed by atoms with van der Waals surface area (Å²) in [5.74, 6) is -0.285. The van der Waals surface area contributed by atoms with Gasteiger partial charge in [-0.3, -0.25) is 0 Å². The summed E-state index contributed by atoms with van der Waals surface area (Å²) >= 11 is 0. The van der Waals surface area contributed by atoms with Gasteiger partial charge in [0.05, 0.1) is 33.0 Å². The summed E-state index contributed by atoms with van der Waals surface area (Å²) in [5.41, 5.74) is 2.07. The highest BCUT2D eigenvalue weighted by Gasteiger charge is 2.54. The van der Waals surface area contributed by atoms with Crippen molar-refractivity contribution in [2.75, 3.05) is 14.2 Å². The molecule has 1 aliphatic heterocycles. The van der Waals surface area contributed by atoms with Gasteiger partial charge in [-0.1, -0.05) is 78.9 Å². The summed E-state index contributed by atoms with van der Waals surface area (Å²) in [6.07, 6.45) is -5.73. The maximum atomic E-state index is 13.4. The minimum atomic E-state index is -1.27. The molecule has 5 atom stereocenters. The van der Waals surface area contributed by atoms with E-state index in [1.54, 1.807) is 61.7 Å². The Morgan fingerprint density at radius 3 is 1.70 bits per heavy atom. The lowest BCUT2D eigenvalue weighted by Gasteiger charge is -2.44. The zero-order valence-electron chi connectivity index (χ0n) is 24.4. The van der Waals surface area contributed by atoms with Crippen LogP contribution in [0.1, 0.15) is 21.5 Å². The van der Waals surface area contributed by atoms with Crippen LogP contribution in [0.15, 0.2) is 115 Å². The van der Waals surface area contributed by atoms with Crippen LogP contribution >= 0.6 is 0 Å². The Morgan fingerprint density at radius 2 is 1.16 bits per heavy atom. The van der Waals surface area contributed by atoms with E-state index in [9.17, 15) is 9.59 Å². The molecule has 44 heavy (non-hydrogen) atoms. The van der Waals surface area contributed by atoms with Gasteiger partial charge in [-0.2, -0.15) is 0 Å². The fourth-order valence-corrected chi connectivity index (χ4v) is 4.80. The molecular formula is C35H34O9. The summed E-state index contributed by atoms with van der Waals surface area (Å²) in [5, 5.41) is 0. The van der Waals surface area contributed by atoms with Crippen molar-refractivity contribution in [1.29, 1.82) is 0 Å². The van der Waals surface area contributed by atoms with Gasteiger partial charge in [-0.25, -0.2) is 9.59 Å². The molecule has 5 rings (SSSR count). The molecule has 9 nitrogen and oxygen atoms in total. The molecule has 0 unspecified atom stereocenters. The number of rotatable bonds is 12. The molecule has 0 aromatic heterocycles. The molecule has 1 aliphatic rings. The Bertz CT molecular complexity index is 1460. The van der Waals surface area contributed by atoms with Gasteiger partial charge in [0.2, 0.25) is 6.29 Å². The third-order valence-corrected chi connectivity index (χ3v) is 7.06. The van der Waals surface area contributed by atoms with Crippen LogP contribution in [0.25, 0.3) is 0 Å². The molecule has 228 valence electrons. The van der Waals surface area contributed by atoms with Gasteiger partial charge in [-0.05, 0) is 47.5 Å². The summed E-state index contributed by atoms with van der Waals surface area (Å²) in [6.45, 7) is 0.274. The summed E-state index contributed by atoms with van der Waals surface area (Å²) in [4.78, 5) is 26.6. The van der Waals surface area contributed by atoms with Crippen molar-refractivity contribution in [2.24, 2.45) is 0 Å². The molecule has 4 aromatic carbocycles. The first-order valence-corrected chi connectivity index (χ1v) is 14.2. The smallest absolute Gasteiger partial charge is 0.338 e. The van der Waals surface area contributed by atoms with Gasteiger partial charge in [-0.15, -0.1) is 0 Å². The highest BCUT2D eigenvalue weighted by molar-refractivity contribution is 5.89. The minimum Gasteiger partial charge on any atom is -0.497 e. The van der Waals surface area contributed by atoms with Crippen LogP contribution in [-0.4, -0.2) is 56.9 Å². The van der Waals surface area contributed by atoms with E-state index in [1.165, 1.54) is 7.11 Å². The van der Waals surface area contributed by atoms with E-state index >= 15 is 0 Å². The largest absolute Gasteiger partial charge is 0.497 e. The molecule has 0 radical (unpaired) electrons. The number of ether oxygens (including phenoxy) is 7. The second kappa shape index (κ2) is 15.2. The normalized spacial score (nSPS) is 21.2. The Balaban J connectivity index is 1.52. The molecule has 0 N–H and O–H groups in total. The van der Waals surface area contributed by atoms with E-state index in [-0.39, 0.29) is 13.2 Å². The van der Waals surface area contributed by atoms with Gasteiger partial charge >= 0.3 is 11.9 Å². The molecular weight excluding hydrogens is 564 g/mol. The van der Waals surface area contributed by atoms with Gasteiger partial charge in [0, 0.05) is 0 Å². The highest BCUT2D eigenvalue weighted by atomic mass is 16.7. The third-order valence-electron chi connectivity index (χ3n) is 7.06. The summed E-state index contributed by atoms with van der Waals surface area (Å²) < 4.78 is 41.7. The average molecular weight is 599 g/mol. The standard InChI is InChI=1S/C35H34O9/c1-38-27-18-20-28(21-19-27)42-35-32(43-33(36)26-16-10-5-11-17-26)30(41-23-25-14-8-4-9-15-25)29(31(44-35)34(37)39-2)40-22-24-12-6-3-7-13-24/h3-21,29-32,35H,22-23H2,1-2H3/t29-,30-,31-,32+,35+/m0/s1. The van der Waals surface area contributed by atoms with Gasteiger partial charge in [0.1, 0.15) is 23.7 Å². The highest BCUT2D eigenvalue weighted by Crippen LogP contribution is 2.33. The fourth-order valence-electron chi connectivity index (χ4n) is 4.80. The number of benzene rings is 4. The first-order valence-electron chi connectivity index (χ1n) is 14.2. The van der Waals surface area contributed by atoms with Crippen LogP contribution in [0.4, 0.5) is 0 Å². The molecule has 0 aliphatic carbocycles. The second-order valence-electron chi connectivity index (χ2n) is 10.00. The van der Waals surface area contributed by atoms with Crippen molar-refractivity contribution >= 4 is 11.9 Å². The molecule has 1 fully saturated rings. The van der Waals surface area contributed by atoms with Crippen molar-refractivity contribution in [1.82, 2.24) is 0 Å². The number of carbonyl (C=O) groups excluding carboxylic acids is 2. The molecule has 0 amide bonds. The van der Waals surface area contributed by atoms with Crippen molar-refractivity contribution in [3.8, 4) is 11.5 Å². The lowest BCUT2D eigenvalue weighted by Crippen LogP contribution is -2.64. The van der Waals surface area contributed by atoms with E-state index in [4.69, 9.17) is 33.2 Å². The minimum absolute atomic E-state index is 0.136. The van der Waals surface area contributed by atoms with E-state index in [0.717, 1.165) is 11.1 Å². The van der Waals surface area contributed by atoms with Crippen LogP contribution in [-0.2, 0) is 41.7 Å². The fraction of sp³-hybridized carbons (Fsp3) is 0.257. The van der Waals surface area contributed by atoms with Crippen molar-refractivity contribution in [3.63, 3.8) is 0 Å². The molecule has 9 heteroatoms. The summed E-state index contributed by atoms with van der Waals surface area (Å²) in [7, 11) is 2.82. The Hall–Kier alpha value is -4.70. The molecule has 0 bridgehead atoms. The van der Waals surface area contributed by atoms with Crippen LogP contribution < -0.4 is 9.47 Å². The molecule has 0 saturated carbocycles. The van der Waals surface area contributed by atoms with Crippen LogP contribution in [0.2, 0.25) is 0 Å². The monoisotopic (exact) mass is 598 g/mol. The van der Waals surface area contributed by atoms with Gasteiger partial charge < -0.3 is 33.2 Å². The summed E-state index contributed by atoms with van der Waals surface area (Å²) in [6, 6.07) is 34.4. The SMILES string of the molecule is COC(=O)[C@H]1O[C@@H](Oc2ccc(OC)cc2)[C@H](OC(=O)c2ccccc2)[C@@H](OCc2ccccc2)[C@@H]1OCc1ccccc1. The quantitative estimate of drug-likeness (QED) is 0.199. The molecule has 0 spiro atoms. The van der Waals surface area contributed by atoms with Gasteiger partial charge in [0.25, 0.3) is 0 Å². The van der Waals surface area contributed by atoms with E-state index in [0.29, 0.717) is 17.1 Å². The van der Waals surface area contributed by atoms with Crippen LogP contribution in [0.3, 0.4) is 0 Å². The van der Waals surface area contributed by atoms with Crippen molar-refractivity contribution in [2.45, 2.75) is 43.9 Å². The second-order valence-corrected chi connectivity index (χ2v) is 10.00. The maximum absolute atomic E-state index is 13.4. The van der Waals surface area contributed by atoms with E-state index in [1.807, 2.05) is 60.7 Å². The first kappa shape index (κ1) is 30.7. The van der Waals surface area contributed by atoms with E-state index < -0.39 is 42.6 Å². The number of esters is 2. The predicted molar refractivity (Wildman–Crippen MR) is 160 cm³/mol. The number of hydrogen-bond donors (Lipinski definition) is 0. The van der Waals surface area contributed by atoms with Crippen LogP contribution in [0, 0.1) is 0 Å². The molecule has 1 saturated heterocycles. The van der Waals surface area contributed by atoms with E-state index in [2.05, 4.69) is 0 Å². The predicted octanol–water partition coefficient (Wildman–Crippen LogP) is 5.37. The zero-order chi connectivity index (χ0) is 30.7. The van der Waals surface area contributed by atoms with Crippen LogP contribution in [0.5, 0.6) is 11.5 Å². The lowest BCUT2D eigenvalue weighted by atomic mass is 9.97. The number of carbonyl (C=O) groups is 2. The molecule has 1 heterocycles. The van der Waals surface area contributed by atoms with Crippen molar-refractivity contribution in [3.05, 3.63) is 132 Å². The Morgan fingerprint density at radius 1 is 0.636 bits per heavy atom. The average Bonchev–Trinajstić information content (AvgIpc) is 3.08. The Kier molecular flexibility index (Phi) is 10.6. The number of hydrogen-bond acceptors (Lipinski definition) is 9. The van der Waals surface area contributed by atoms with Crippen molar-refractivity contribution < 1.29 is 42.7 Å². The number of methoxy groups -OCH3 is 2. The lowest BCUT2D eigenvalue weighted by molar-refractivity contribution is -0.290. The maximum Gasteiger partial charge on any atom is 0.338 e. The Labute approximate surface area is 256 Å².